The zero-order valence-corrected chi connectivity index (χ0v) is 23.0. The molecule has 0 bridgehead atoms. The summed E-state index contributed by atoms with van der Waals surface area (Å²) in [4.78, 5) is 41.5. The molecular formula is C28H38FN5O5. The minimum atomic E-state index is -0.505. The first-order valence-electron chi connectivity index (χ1n) is 13.0. The number of aliphatic hydroxyl groups is 1. The number of amides is 5. The summed E-state index contributed by atoms with van der Waals surface area (Å²) in [6, 6.07) is 9.36. The molecule has 5 amide bonds. The van der Waals surface area contributed by atoms with Crippen molar-refractivity contribution in [1.29, 1.82) is 0 Å². The van der Waals surface area contributed by atoms with Crippen molar-refractivity contribution in [2.75, 3.05) is 37.4 Å². The lowest BCUT2D eigenvalue weighted by Crippen LogP contribution is -2.48. The lowest BCUT2D eigenvalue weighted by atomic mass is 10.0. The van der Waals surface area contributed by atoms with Crippen molar-refractivity contribution >= 4 is 29.3 Å². The Kier molecular flexibility index (Phi) is 10.1. The molecule has 39 heavy (non-hydrogen) atoms. The highest BCUT2D eigenvalue weighted by atomic mass is 19.1. The molecule has 3 atom stereocenters. The standard InChI is InChI=1S/C28H38FN5O5/c1-17(2)30-27(37)31-23-10-11-24-20(12-23)13-26(36)34(19(4)16-35)14-18(3)25(39-24)15-33(5)28(38)32-22-8-6-21(29)7-9-22/h6-12,17-19,25,35H,13-16H2,1-5H3,(H,32,38)(H2,30,31,37)/t18-,19+,25+/m1/s1. The van der Waals surface area contributed by atoms with Crippen LogP contribution in [0.1, 0.15) is 33.3 Å². The molecule has 4 N–H and O–H groups in total. The summed E-state index contributed by atoms with van der Waals surface area (Å²) in [5.74, 6) is -0.312. The van der Waals surface area contributed by atoms with Gasteiger partial charge in [0.1, 0.15) is 17.7 Å². The Hall–Kier alpha value is -3.86. The molecule has 0 saturated carbocycles. The van der Waals surface area contributed by atoms with Crippen LogP contribution in [0, 0.1) is 11.7 Å². The van der Waals surface area contributed by atoms with Crippen molar-refractivity contribution in [2.24, 2.45) is 5.92 Å². The van der Waals surface area contributed by atoms with Crippen LogP contribution >= 0.6 is 0 Å². The number of carbonyl (C=O) groups is 3. The van der Waals surface area contributed by atoms with Crippen molar-refractivity contribution in [3.63, 3.8) is 0 Å². The molecule has 0 spiro atoms. The van der Waals surface area contributed by atoms with E-state index in [1.165, 1.54) is 29.2 Å². The van der Waals surface area contributed by atoms with Crippen LogP contribution in [0.2, 0.25) is 0 Å². The number of aliphatic hydroxyl groups excluding tert-OH is 1. The summed E-state index contributed by atoms with van der Waals surface area (Å²) in [6.45, 7) is 7.71. The van der Waals surface area contributed by atoms with Gasteiger partial charge in [0.05, 0.1) is 25.6 Å². The zero-order valence-electron chi connectivity index (χ0n) is 23.0. The Morgan fingerprint density at radius 1 is 1.13 bits per heavy atom. The number of likely N-dealkylation sites (N-methyl/N-ethyl adjacent to an activating group) is 1. The minimum Gasteiger partial charge on any atom is -0.488 e. The largest absolute Gasteiger partial charge is 0.488 e. The van der Waals surface area contributed by atoms with Gasteiger partial charge in [0.25, 0.3) is 0 Å². The maximum absolute atomic E-state index is 13.3. The number of ether oxygens (including phenoxy) is 1. The van der Waals surface area contributed by atoms with Gasteiger partial charge in [-0.05, 0) is 63.2 Å². The predicted octanol–water partition coefficient (Wildman–Crippen LogP) is 3.67. The molecule has 0 radical (unpaired) electrons. The number of nitrogens with one attached hydrogen (secondary N) is 3. The van der Waals surface area contributed by atoms with E-state index >= 15 is 0 Å². The van der Waals surface area contributed by atoms with E-state index in [1.807, 2.05) is 20.8 Å². The molecule has 1 aliphatic heterocycles. The third kappa shape index (κ3) is 8.31. The molecule has 0 fully saturated rings. The summed E-state index contributed by atoms with van der Waals surface area (Å²) >= 11 is 0. The molecule has 0 aromatic heterocycles. The molecular weight excluding hydrogens is 505 g/mol. The molecule has 0 saturated heterocycles. The zero-order chi connectivity index (χ0) is 28.7. The minimum absolute atomic E-state index is 0.0152. The second-order valence-corrected chi connectivity index (χ2v) is 10.3. The first-order chi connectivity index (χ1) is 18.5. The second-order valence-electron chi connectivity index (χ2n) is 10.3. The van der Waals surface area contributed by atoms with Crippen LogP contribution in [-0.2, 0) is 11.2 Å². The van der Waals surface area contributed by atoms with E-state index < -0.39 is 24.0 Å². The van der Waals surface area contributed by atoms with E-state index in [2.05, 4.69) is 16.0 Å². The molecule has 0 aliphatic carbocycles. The van der Waals surface area contributed by atoms with Crippen molar-refractivity contribution in [3.05, 3.63) is 53.8 Å². The Balaban J connectivity index is 1.86. The summed E-state index contributed by atoms with van der Waals surface area (Å²) in [7, 11) is 1.63. The predicted molar refractivity (Wildman–Crippen MR) is 147 cm³/mol. The number of carbonyl (C=O) groups excluding carboxylic acids is 3. The summed E-state index contributed by atoms with van der Waals surface area (Å²) in [5.41, 5.74) is 1.54. The van der Waals surface area contributed by atoms with Gasteiger partial charge in [0, 0.05) is 42.5 Å². The van der Waals surface area contributed by atoms with Gasteiger partial charge in [-0.3, -0.25) is 4.79 Å². The molecule has 0 unspecified atom stereocenters. The van der Waals surface area contributed by atoms with Gasteiger partial charge in [-0.1, -0.05) is 6.92 Å². The smallest absolute Gasteiger partial charge is 0.321 e. The van der Waals surface area contributed by atoms with Gasteiger partial charge in [-0.15, -0.1) is 0 Å². The van der Waals surface area contributed by atoms with Crippen LogP contribution in [0.4, 0.5) is 25.4 Å². The Bertz CT molecular complexity index is 1160. The highest BCUT2D eigenvalue weighted by Gasteiger charge is 2.32. The van der Waals surface area contributed by atoms with Gasteiger partial charge in [-0.2, -0.15) is 0 Å². The number of hydrogen-bond acceptors (Lipinski definition) is 5. The van der Waals surface area contributed by atoms with Gasteiger partial charge in [0.2, 0.25) is 5.91 Å². The molecule has 2 aromatic rings. The third-order valence-electron chi connectivity index (χ3n) is 6.49. The number of urea groups is 2. The lowest BCUT2D eigenvalue weighted by Gasteiger charge is -2.34. The average Bonchev–Trinajstić information content (AvgIpc) is 2.92. The monoisotopic (exact) mass is 543 g/mol. The maximum Gasteiger partial charge on any atom is 0.321 e. The number of hydrogen-bond donors (Lipinski definition) is 4. The number of rotatable bonds is 7. The molecule has 1 aliphatic rings. The topological polar surface area (TPSA) is 123 Å². The Morgan fingerprint density at radius 2 is 1.79 bits per heavy atom. The first kappa shape index (κ1) is 29.7. The molecule has 11 heteroatoms. The normalized spacial score (nSPS) is 18.2. The molecule has 2 aromatic carbocycles. The summed E-state index contributed by atoms with van der Waals surface area (Å²) in [5, 5.41) is 18.1. The van der Waals surface area contributed by atoms with E-state index in [9.17, 15) is 23.9 Å². The van der Waals surface area contributed by atoms with Crippen LogP contribution in [-0.4, -0.2) is 77.8 Å². The van der Waals surface area contributed by atoms with Gasteiger partial charge in [0.15, 0.2) is 0 Å². The van der Waals surface area contributed by atoms with Crippen LogP contribution < -0.4 is 20.7 Å². The third-order valence-corrected chi connectivity index (χ3v) is 6.49. The van der Waals surface area contributed by atoms with Gasteiger partial charge >= 0.3 is 12.1 Å². The van der Waals surface area contributed by atoms with Gasteiger partial charge in [-0.25, -0.2) is 14.0 Å². The molecule has 10 nitrogen and oxygen atoms in total. The average molecular weight is 544 g/mol. The Labute approximate surface area is 228 Å². The quantitative estimate of drug-likeness (QED) is 0.424. The first-order valence-corrected chi connectivity index (χ1v) is 13.0. The molecule has 3 rings (SSSR count). The Morgan fingerprint density at radius 3 is 2.44 bits per heavy atom. The van der Waals surface area contributed by atoms with E-state index in [0.717, 1.165) is 0 Å². The summed E-state index contributed by atoms with van der Waals surface area (Å²) < 4.78 is 19.6. The number of nitrogens with zero attached hydrogens (tertiary/aromatic N) is 2. The number of benzene rings is 2. The molecule has 1 heterocycles. The van der Waals surface area contributed by atoms with Crippen molar-refractivity contribution < 1.29 is 28.6 Å². The van der Waals surface area contributed by atoms with Crippen LogP contribution in [0.15, 0.2) is 42.5 Å². The van der Waals surface area contributed by atoms with Gasteiger partial charge < -0.3 is 35.6 Å². The fraction of sp³-hybridized carbons (Fsp3) is 0.464. The van der Waals surface area contributed by atoms with Crippen LogP contribution in [0.3, 0.4) is 0 Å². The van der Waals surface area contributed by atoms with Crippen molar-refractivity contribution in [2.45, 2.75) is 52.3 Å². The maximum atomic E-state index is 13.3. The second kappa shape index (κ2) is 13.3. The number of anilines is 2. The van der Waals surface area contributed by atoms with Crippen LogP contribution in [0.25, 0.3) is 0 Å². The number of fused-ring (bicyclic) bond motifs is 1. The number of halogens is 1. The summed E-state index contributed by atoms with van der Waals surface area (Å²) in [6.07, 6.45) is -0.489. The highest BCUT2D eigenvalue weighted by Crippen LogP contribution is 2.29. The van der Waals surface area contributed by atoms with E-state index in [4.69, 9.17) is 4.74 Å². The fourth-order valence-electron chi connectivity index (χ4n) is 4.26. The van der Waals surface area contributed by atoms with Crippen molar-refractivity contribution in [1.82, 2.24) is 15.1 Å². The van der Waals surface area contributed by atoms with Crippen molar-refractivity contribution in [3.8, 4) is 5.75 Å². The SMILES string of the molecule is CC(C)NC(=O)Nc1ccc2c(c1)CC(=O)N([C@@H](C)CO)C[C@@H](C)[C@H](CN(C)C(=O)Nc1ccc(F)cc1)O2. The van der Waals surface area contributed by atoms with E-state index in [1.54, 1.807) is 37.1 Å². The highest BCUT2D eigenvalue weighted by molar-refractivity contribution is 5.90. The lowest BCUT2D eigenvalue weighted by molar-refractivity contribution is -0.134. The fourth-order valence-corrected chi connectivity index (χ4v) is 4.26. The van der Waals surface area contributed by atoms with Crippen LogP contribution in [0.5, 0.6) is 5.75 Å². The van der Waals surface area contributed by atoms with E-state index in [-0.39, 0.29) is 43.5 Å². The molecule has 212 valence electrons. The van der Waals surface area contributed by atoms with E-state index in [0.29, 0.717) is 29.2 Å².